The van der Waals surface area contributed by atoms with Crippen LogP contribution in [0.25, 0.3) is 5.57 Å². The number of hydroxylamine groups is 1. The van der Waals surface area contributed by atoms with E-state index < -0.39 is 18.2 Å². The largest absolute Gasteiger partial charge is 0.493 e. The quantitative estimate of drug-likeness (QED) is 0.589. The number of amides is 1. The highest BCUT2D eigenvalue weighted by molar-refractivity contribution is 6.30. The lowest BCUT2D eigenvalue weighted by Crippen LogP contribution is -2.50. The number of hydrogen-bond donors (Lipinski definition) is 1. The number of nitrogens with zero attached hydrogens (tertiary/aromatic N) is 2. The molecule has 6 rings (SSSR count). The van der Waals surface area contributed by atoms with Gasteiger partial charge in [0.05, 0.1) is 39.5 Å². The zero-order valence-electron chi connectivity index (χ0n) is 21.7. The monoisotopic (exact) mass is 541 g/mol. The summed E-state index contributed by atoms with van der Waals surface area (Å²) in [5.41, 5.74) is 3.03. The van der Waals surface area contributed by atoms with Gasteiger partial charge in [0.25, 0.3) is 0 Å². The van der Waals surface area contributed by atoms with Crippen LogP contribution >= 0.6 is 11.6 Å². The number of hydrogen-bond acceptors (Lipinski definition) is 9. The Kier molecular flexibility index (Phi) is 6.93. The third-order valence-electron chi connectivity index (χ3n) is 6.94. The van der Waals surface area contributed by atoms with Crippen molar-refractivity contribution in [3.63, 3.8) is 0 Å². The van der Waals surface area contributed by atoms with Crippen LogP contribution < -0.4 is 24.6 Å². The lowest BCUT2D eigenvalue weighted by molar-refractivity contribution is -0.129. The van der Waals surface area contributed by atoms with Gasteiger partial charge >= 0.3 is 0 Å². The van der Waals surface area contributed by atoms with Gasteiger partial charge in [-0.3, -0.25) is 14.4 Å². The van der Waals surface area contributed by atoms with E-state index in [1.54, 1.807) is 37.5 Å². The molecule has 2 bridgehead atoms. The molecule has 3 heterocycles. The fourth-order valence-electron chi connectivity index (χ4n) is 5.44. The standard InChI is InChI=1S/C27H28ClN3O7/c1-13(32)30-16-8-6-14-10-19(35-3)25(36-4)27(37-5)21(14)23-17-11-18(34-2)24(33)26(22(16)23)38-31(17)20-9-7-15(28)12-29-20/h7,9-12,16-17,26H,6,8H2,1-5H3,(H,30,32)/t16-,17?,26?/m0/s1. The summed E-state index contributed by atoms with van der Waals surface area (Å²) in [6.45, 7) is 1.45. The van der Waals surface area contributed by atoms with E-state index in [0.717, 1.165) is 16.7 Å². The van der Waals surface area contributed by atoms with E-state index in [1.807, 2.05) is 6.07 Å². The van der Waals surface area contributed by atoms with Crippen LogP contribution in [0.4, 0.5) is 5.82 Å². The summed E-state index contributed by atoms with van der Waals surface area (Å²) in [6.07, 6.45) is 3.21. The van der Waals surface area contributed by atoms with Crippen LogP contribution in [0, 0.1) is 0 Å². The number of aromatic nitrogens is 1. The second kappa shape index (κ2) is 10.2. The Morgan fingerprint density at radius 1 is 1.13 bits per heavy atom. The van der Waals surface area contributed by atoms with Gasteiger partial charge in [-0.2, -0.15) is 0 Å². The number of pyridine rings is 1. The number of fused-ring (bicyclic) bond motifs is 3. The SMILES string of the molecule is COC1=CC2C3=C(C(ON2c2ccc(Cl)cn2)C1=O)[C@@H](NC(C)=O)CCc1cc(OC)c(OC)c(OC)c13. The highest BCUT2D eigenvalue weighted by Crippen LogP contribution is 2.52. The van der Waals surface area contributed by atoms with Crippen LogP contribution in [0.2, 0.25) is 5.02 Å². The molecule has 1 aromatic carbocycles. The normalized spacial score (nSPS) is 22.1. The lowest BCUT2D eigenvalue weighted by atomic mass is 9.85. The van der Waals surface area contributed by atoms with E-state index in [-0.39, 0.29) is 17.4 Å². The predicted molar refractivity (Wildman–Crippen MR) is 139 cm³/mol. The van der Waals surface area contributed by atoms with Gasteiger partial charge in [0.1, 0.15) is 6.04 Å². The van der Waals surface area contributed by atoms with Crippen molar-refractivity contribution in [3.05, 3.63) is 58.0 Å². The molecular weight excluding hydrogens is 514 g/mol. The molecule has 4 aliphatic rings. The van der Waals surface area contributed by atoms with Crippen molar-refractivity contribution in [2.75, 3.05) is 33.5 Å². The van der Waals surface area contributed by atoms with Crippen molar-refractivity contribution in [3.8, 4) is 17.2 Å². The Bertz CT molecular complexity index is 1360. The first kappa shape index (κ1) is 25.9. The fraction of sp³-hybridized carbons (Fsp3) is 0.370. The second-order valence-corrected chi connectivity index (χ2v) is 9.47. The Hall–Kier alpha value is -3.76. The van der Waals surface area contributed by atoms with Crippen molar-refractivity contribution in [1.82, 2.24) is 10.3 Å². The lowest BCUT2D eigenvalue weighted by Gasteiger charge is -2.40. The number of ketones is 1. The molecule has 1 amide bonds. The Morgan fingerprint density at radius 3 is 2.50 bits per heavy atom. The minimum absolute atomic E-state index is 0.145. The number of Topliss-reactive ketones (excluding diaryl/α,β-unsaturated/α-hetero) is 1. The van der Waals surface area contributed by atoms with Gasteiger partial charge in [-0.25, -0.2) is 10.0 Å². The molecule has 0 saturated carbocycles. The molecule has 3 atom stereocenters. The number of aryl methyl sites for hydroxylation is 1. The first-order valence-corrected chi connectivity index (χ1v) is 12.4. The van der Waals surface area contributed by atoms with Crippen molar-refractivity contribution < 1.29 is 33.4 Å². The van der Waals surface area contributed by atoms with Crippen LogP contribution in [0.1, 0.15) is 24.5 Å². The minimum Gasteiger partial charge on any atom is -0.493 e. The van der Waals surface area contributed by atoms with Crippen LogP contribution in [0.3, 0.4) is 0 Å². The smallest absolute Gasteiger partial charge is 0.232 e. The molecule has 0 spiro atoms. The number of halogens is 1. The van der Waals surface area contributed by atoms with Crippen LogP contribution in [-0.4, -0.2) is 63.3 Å². The number of carbonyl (C=O) groups excluding carboxylic acids is 2. The maximum Gasteiger partial charge on any atom is 0.232 e. The molecule has 0 fully saturated rings. The molecule has 10 nitrogen and oxygen atoms in total. The molecule has 1 N–H and O–H groups in total. The Balaban J connectivity index is 1.86. The van der Waals surface area contributed by atoms with Gasteiger partial charge in [0.2, 0.25) is 17.4 Å². The van der Waals surface area contributed by atoms with Crippen LogP contribution in [0.5, 0.6) is 17.2 Å². The molecule has 2 unspecified atom stereocenters. The van der Waals surface area contributed by atoms with Crippen molar-refractivity contribution in [1.29, 1.82) is 0 Å². The molecule has 11 heteroatoms. The average Bonchev–Trinajstić information content (AvgIpc) is 3.21. The number of ether oxygens (including phenoxy) is 4. The number of benzene rings is 1. The fourth-order valence-corrected chi connectivity index (χ4v) is 5.55. The van der Waals surface area contributed by atoms with E-state index in [0.29, 0.717) is 46.5 Å². The van der Waals surface area contributed by atoms with Gasteiger partial charge in [0, 0.05) is 18.7 Å². The Morgan fingerprint density at radius 2 is 1.89 bits per heavy atom. The van der Waals surface area contributed by atoms with Crippen molar-refractivity contribution >= 4 is 34.7 Å². The molecular formula is C27H28ClN3O7. The zero-order chi connectivity index (χ0) is 27.1. The number of carbonyl (C=O) groups is 2. The highest BCUT2D eigenvalue weighted by atomic mass is 35.5. The zero-order valence-corrected chi connectivity index (χ0v) is 22.4. The number of anilines is 1. The third-order valence-corrected chi connectivity index (χ3v) is 7.17. The molecule has 0 saturated heterocycles. The van der Waals surface area contributed by atoms with Gasteiger partial charge in [-0.1, -0.05) is 11.6 Å². The summed E-state index contributed by atoms with van der Waals surface area (Å²) in [4.78, 5) is 36.9. The summed E-state index contributed by atoms with van der Waals surface area (Å²) in [7, 11) is 6.10. The third kappa shape index (κ3) is 4.13. The van der Waals surface area contributed by atoms with E-state index in [4.69, 9.17) is 35.4 Å². The van der Waals surface area contributed by atoms with E-state index >= 15 is 0 Å². The van der Waals surface area contributed by atoms with Crippen molar-refractivity contribution in [2.24, 2.45) is 0 Å². The molecule has 2 aromatic rings. The van der Waals surface area contributed by atoms with E-state index in [1.165, 1.54) is 27.3 Å². The summed E-state index contributed by atoms with van der Waals surface area (Å²) in [5, 5.41) is 5.06. The van der Waals surface area contributed by atoms with Gasteiger partial charge < -0.3 is 24.3 Å². The number of rotatable bonds is 6. The molecule has 200 valence electrons. The molecule has 2 aliphatic heterocycles. The summed E-state index contributed by atoms with van der Waals surface area (Å²) >= 11 is 6.10. The first-order chi connectivity index (χ1) is 18.3. The predicted octanol–water partition coefficient (Wildman–Crippen LogP) is 3.27. The Labute approximate surface area is 225 Å². The average molecular weight is 542 g/mol. The van der Waals surface area contributed by atoms with Crippen LogP contribution in [-0.2, 0) is 25.6 Å². The van der Waals surface area contributed by atoms with Gasteiger partial charge in [0.15, 0.2) is 29.2 Å². The summed E-state index contributed by atoms with van der Waals surface area (Å²) in [5.74, 6) is 1.38. The maximum absolute atomic E-state index is 13.7. The molecule has 38 heavy (non-hydrogen) atoms. The molecule has 1 aromatic heterocycles. The number of nitrogens with one attached hydrogen (secondary N) is 1. The topological polar surface area (TPSA) is 108 Å². The number of methoxy groups -OCH3 is 4. The molecule has 2 aliphatic carbocycles. The van der Waals surface area contributed by atoms with E-state index in [9.17, 15) is 9.59 Å². The summed E-state index contributed by atoms with van der Waals surface area (Å²) in [6, 6.07) is 4.15. The highest BCUT2D eigenvalue weighted by Gasteiger charge is 2.50. The van der Waals surface area contributed by atoms with Gasteiger partial charge in [-0.15, -0.1) is 0 Å². The van der Waals surface area contributed by atoms with Gasteiger partial charge in [-0.05, 0) is 53.8 Å². The van der Waals surface area contributed by atoms with Crippen molar-refractivity contribution in [2.45, 2.75) is 38.0 Å². The van der Waals surface area contributed by atoms with Crippen LogP contribution in [0.15, 0.2) is 41.8 Å². The molecule has 0 radical (unpaired) electrons. The van der Waals surface area contributed by atoms with E-state index in [2.05, 4.69) is 10.3 Å². The minimum atomic E-state index is -1.09. The first-order valence-electron chi connectivity index (χ1n) is 12.0. The summed E-state index contributed by atoms with van der Waals surface area (Å²) < 4.78 is 22.8. The second-order valence-electron chi connectivity index (χ2n) is 9.03. The maximum atomic E-state index is 13.7.